The molecule has 2 saturated carbocycles. The number of methoxy groups -OCH3 is 1. The quantitative estimate of drug-likeness (QED) is 0.390. The Morgan fingerprint density at radius 3 is 2.17 bits per heavy atom. The average Bonchev–Trinajstić information content (AvgIpc) is 3.19. The standard InChI is InChI=1S/C17H15Br2NO4/c1-24-17(23)7-4-2-3-5-10(7)20-15(21)11-8-6-9(12(11)16(20)22)14(19)13(8)18/h2-5,8-9,11-14H,6H2,1H3. The normalized spacial score (nSPS) is 37.0. The van der Waals surface area contributed by atoms with Crippen LogP contribution >= 0.6 is 31.9 Å². The molecule has 5 nitrogen and oxygen atoms in total. The van der Waals surface area contributed by atoms with Gasteiger partial charge >= 0.3 is 5.97 Å². The van der Waals surface area contributed by atoms with E-state index in [1.54, 1.807) is 24.3 Å². The highest BCUT2D eigenvalue weighted by Crippen LogP contribution is 2.60. The van der Waals surface area contributed by atoms with Crippen LogP contribution in [0.3, 0.4) is 0 Å². The Morgan fingerprint density at radius 1 is 1.08 bits per heavy atom. The molecule has 1 aromatic rings. The Bertz CT molecular complexity index is 720. The minimum atomic E-state index is -0.553. The number of carbonyl (C=O) groups excluding carboxylic acids is 3. The number of nitrogens with zero attached hydrogens (tertiary/aromatic N) is 1. The van der Waals surface area contributed by atoms with Gasteiger partial charge in [-0.3, -0.25) is 9.59 Å². The Hall–Kier alpha value is -1.21. The summed E-state index contributed by atoms with van der Waals surface area (Å²) in [5.41, 5.74) is 0.560. The molecule has 24 heavy (non-hydrogen) atoms. The number of ether oxygens (including phenoxy) is 1. The molecule has 1 aromatic carbocycles. The van der Waals surface area contributed by atoms with Gasteiger partial charge in [0, 0.05) is 9.65 Å². The van der Waals surface area contributed by atoms with Crippen molar-refractivity contribution in [1.82, 2.24) is 0 Å². The van der Waals surface area contributed by atoms with Gasteiger partial charge in [0.05, 0.1) is 30.2 Å². The molecule has 2 bridgehead atoms. The summed E-state index contributed by atoms with van der Waals surface area (Å²) in [6.07, 6.45) is 0.880. The van der Waals surface area contributed by atoms with Crippen molar-refractivity contribution >= 4 is 55.3 Å². The zero-order valence-electron chi connectivity index (χ0n) is 12.8. The molecule has 0 aromatic heterocycles. The number of esters is 1. The Kier molecular flexibility index (Phi) is 3.84. The fourth-order valence-corrected chi connectivity index (χ4v) is 6.41. The van der Waals surface area contributed by atoms with Crippen LogP contribution in [-0.2, 0) is 14.3 Å². The van der Waals surface area contributed by atoms with Crippen LogP contribution in [0.2, 0.25) is 0 Å². The molecule has 6 atom stereocenters. The van der Waals surface area contributed by atoms with E-state index < -0.39 is 5.97 Å². The number of para-hydroxylation sites is 1. The molecule has 3 fully saturated rings. The number of amides is 2. The predicted molar refractivity (Wildman–Crippen MR) is 94.3 cm³/mol. The molecule has 126 valence electrons. The molecule has 3 aliphatic rings. The maximum atomic E-state index is 13.0. The number of rotatable bonds is 2. The summed E-state index contributed by atoms with van der Waals surface area (Å²) in [6, 6.07) is 6.60. The smallest absolute Gasteiger partial charge is 0.339 e. The van der Waals surface area contributed by atoms with Crippen molar-refractivity contribution in [1.29, 1.82) is 0 Å². The number of alkyl halides is 2. The first-order chi connectivity index (χ1) is 11.5. The lowest BCUT2D eigenvalue weighted by atomic mass is 9.81. The predicted octanol–water partition coefficient (Wildman–Crippen LogP) is 2.76. The first-order valence-corrected chi connectivity index (χ1v) is 9.63. The maximum absolute atomic E-state index is 13.0. The molecule has 0 radical (unpaired) electrons. The molecule has 0 N–H and O–H groups in total. The SMILES string of the molecule is COC(=O)c1ccccc1N1C(=O)C2C3CC(C(Br)C3Br)C2C1=O. The van der Waals surface area contributed by atoms with E-state index in [2.05, 4.69) is 31.9 Å². The first-order valence-electron chi connectivity index (χ1n) is 7.80. The van der Waals surface area contributed by atoms with E-state index in [0.717, 1.165) is 6.42 Å². The second-order valence-electron chi connectivity index (χ2n) is 6.52. The number of hydrogen-bond acceptors (Lipinski definition) is 4. The van der Waals surface area contributed by atoms with Crippen LogP contribution in [-0.4, -0.2) is 34.5 Å². The largest absolute Gasteiger partial charge is 0.465 e. The van der Waals surface area contributed by atoms with Crippen LogP contribution in [0.5, 0.6) is 0 Å². The van der Waals surface area contributed by atoms with E-state index in [1.165, 1.54) is 12.0 Å². The summed E-state index contributed by atoms with van der Waals surface area (Å²) < 4.78 is 4.79. The number of anilines is 1. The lowest BCUT2D eigenvalue weighted by molar-refractivity contribution is -0.123. The van der Waals surface area contributed by atoms with Crippen molar-refractivity contribution in [2.75, 3.05) is 12.0 Å². The van der Waals surface area contributed by atoms with Crippen molar-refractivity contribution in [3.63, 3.8) is 0 Å². The van der Waals surface area contributed by atoms with Gasteiger partial charge in [-0.05, 0) is 30.4 Å². The van der Waals surface area contributed by atoms with Crippen LogP contribution in [0.25, 0.3) is 0 Å². The van der Waals surface area contributed by atoms with Gasteiger partial charge in [-0.15, -0.1) is 0 Å². The summed E-state index contributed by atoms with van der Waals surface area (Å²) in [4.78, 5) is 39.6. The van der Waals surface area contributed by atoms with Crippen molar-refractivity contribution in [3.8, 4) is 0 Å². The van der Waals surface area contributed by atoms with Gasteiger partial charge in [-0.1, -0.05) is 44.0 Å². The number of carbonyl (C=O) groups is 3. The van der Waals surface area contributed by atoms with E-state index in [9.17, 15) is 14.4 Å². The molecule has 1 heterocycles. The molecule has 2 aliphatic carbocycles. The number of fused-ring (bicyclic) bond motifs is 5. The molecule has 1 saturated heterocycles. The number of hydrogen-bond donors (Lipinski definition) is 0. The van der Waals surface area contributed by atoms with Gasteiger partial charge in [-0.25, -0.2) is 9.69 Å². The molecular formula is C17H15Br2NO4. The minimum Gasteiger partial charge on any atom is -0.465 e. The van der Waals surface area contributed by atoms with E-state index in [-0.39, 0.29) is 50.7 Å². The highest BCUT2D eigenvalue weighted by atomic mass is 79.9. The van der Waals surface area contributed by atoms with Crippen molar-refractivity contribution < 1.29 is 19.1 Å². The van der Waals surface area contributed by atoms with E-state index in [0.29, 0.717) is 5.69 Å². The fraction of sp³-hybridized carbons (Fsp3) is 0.471. The third-order valence-electron chi connectivity index (χ3n) is 5.54. The monoisotopic (exact) mass is 455 g/mol. The van der Waals surface area contributed by atoms with Gasteiger partial charge in [0.15, 0.2) is 0 Å². The number of imide groups is 1. The lowest BCUT2D eigenvalue weighted by Crippen LogP contribution is -2.37. The maximum Gasteiger partial charge on any atom is 0.339 e. The van der Waals surface area contributed by atoms with Gasteiger partial charge in [0.2, 0.25) is 11.8 Å². The van der Waals surface area contributed by atoms with Gasteiger partial charge in [-0.2, -0.15) is 0 Å². The van der Waals surface area contributed by atoms with Crippen molar-refractivity contribution in [3.05, 3.63) is 29.8 Å². The average molecular weight is 457 g/mol. The molecule has 0 spiro atoms. The summed E-state index contributed by atoms with van der Waals surface area (Å²) >= 11 is 7.33. The van der Waals surface area contributed by atoms with Crippen LogP contribution in [0, 0.1) is 23.7 Å². The molecular weight excluding hydrogens is 442 g/mol. The van der Waals surface area contributed by atoms with Gasteiger partial charge in [0.1, 0.15) is 0 Å². The fourth-order valence-electron chi connectivity index (χ4n) is 4.54. The summed E-state index contributed by atoms with van der Waals surface area (Å²) in [5.74, 6) is -1.25. The minimum absolute atomic E-state index is 0.149. The molecule has 2 amide bonds. The van der Waals surface area contributed by atoms with Crippen molar-refractivity contribution in [2.24, 2.45) is 23.7 Å². The number of halogens is 2. The topological polar surface area (TPSA) is 63.7 Å². The highest BCUT2D eigenvalue weighted by Gasteiger charge is 2.66. The van der Waals surface area contributed by atoms with Crippen LogP contribution in [0.15, 0.2) is 24.3 Å². The third-order valence-corrected chi connectivity index (χ3v) is 8.74. The Morgan fingerprint density at radius 2 is 1.62 bits per heavy atom. The molecule has 4 rings (SSSR count). The van der Waals surface area contributed by atoms with Crippen LogP contribution in [0.4, 0.5) is 5.69 Å². The number of benzene rings is 1. The van der Waals surface area contributed by atoms with Gasteiger partial charge in [0.25, 0.3) is 0 Å². The van der Waals surface area contributed by atoms with E-state index in [1.807, 2.05) is 0 Å². The summed E-state index contributed by atoms with van der Waals surface area (Å²) in [6.45, 7) is 0. The summed E-state index contributed by atoms with van der Waals surface area (Å²) in [5, 5.41) is 0. The second kappa shape index (κ2) is 5.66. The molecule has 6 unspecified atom stereocenters. The third kappa shape index (κ3) is 2.00. The molecule has 1 aliphatic heterocycles. The van der Waals surface area contributed by atoms with Crippen molar-refractivity contribution in [2.45, 2.75) is 16.1 Å². The Labute approximate surface area is 156 Å². The van der Waals surface area contributed by atoms with E-state index in [4.69, 9.17) is 4.74 Å². The molecule has 7 heteroatoms. The van der Waals surface area contributed by atoms with E-state index >= 15 is 0 Å². The zero-order valence-corrected chi connectivity index (χ0v) is 16.0. The zero-order chi connectivity index (χ0) is 17.2. The Balaban J connectivity index is 1.76. The lowest BCUT2D eigenvalue weighted by Gasteiger charge is -2.28. The summed E-state index contributed by atoms with van der Waals surface area (Å²) in [7, 11) is 1.28. The van der Waals surface area contributed by atoms with Gasteiger partial charge < -0.3 is 4.74 Å². The van der Waals surface area contributed by atoms with Crippen LogP contribution in [0.1, 0.15) is 16.8 Å². The highest BCUT2D eigenvalue weighted by molar-refractivity contribution is 9.12. The van der Waals surface area contributed by atoms with Crippen LogP contribution < -0.4 is 4.90 Å². The first kappa shape index (κ1) is 16.3. The second-order valence-corrected chi connectivity index (χ2v) is 8.64.